The highest BCUT2D eigenvalue weighted by Gasteiger charge is 2.24. The predicted molar refractivity (Wildman–Crippen MR) is 79.8 cm³/mol. The van der Waals surface area contributed by atoms with E-state index in [-0.39, 0.29) is 6.10 Å². The molecule has 0 aromatic heterocycles. The molecule has 0 aliphatic carbocycles. The fourth-order valence-corrected chi connectivity index (χ4v) is 3.04. The highest BCUT2D eigenvalue weighted by atomic mass is 32.2. The molecular weight excluding hydrogens is 258 g/mol. The Labute approximate surface area is 120 Å². The number of hydrogen-bond acceptors (Lipinski definition) is 4. The van der Waals surface area contributed by atoms with Crippen LogP contribution < -0.4 is 4.74 Å². The van der Waals surface area contributed by atoms with Crippen molar-refractivity contribution in [1.82, 2.24) is 4.90 Å². The molecule has 1 fully saturated rings. The zero-order valence-corrected chi connectivity index (χ0v) is 12.7. The van der Waals surface area contributed by atoms with Gasteiger partial charge in [0, 0.05) is 18.0 Å². The number of benzene rings is 1. The molecule has 1 heterocycles. The molecular formula is C15H23NO2S. The van der Waals surface area contributed by atoms with Gasteiger partial charge in [-0.2, -0.15) is 0 Å². The Balaban J connectivity index is 2.03. The van der Waals surface area contributed by atoms with Gasteiger partial charge in [-0.1, -0.05) is 13.0 Å². The van der Waals surface area contributed by atoms with Gasteiger partial charge in [-0.3, -0.25) is 4.90 Å². The van der Waals surface area contributed by atoms with Crippen LogP contribution in [0.1, 0.15) is 18.9 Å². The van der Waals surface area contributed by atoms with E-state index in [1.54, 1.807) is 18.9 Å². The van der Waals surface area contributed by atoms with Crippen LogP contribution in [0.2, 0.25) is 0 Å². The van der Waals surface area contributed by atoms with Crippen molar-refractivity contribution in [2.45, 2.75) is 30.9 Å². The maximum atomic E-state index is 9.94. The molecule has 2 atom stereocenters. The van der Waals surface area contributed by atoms with Crippen LogP contribution in [0, 0.1) is 5.92 Å². The monoisotopic (exact) mass is 281 g/mol. The third-order valence-corrected chi connectivity index (χ3v) is 4.63. The van der Waals surface area contributed by atoms with E-state index in [1.807, 2.05) is 0 Å². The molecule has 1 saturated heterocycles. The standard InChI is InChI=1S/C15H23NO2S/c1-11-6-7-16(10-13(11)17)9-12-4-5-15(19-3)14(8-12)18-2/h4-5,8,11,13,17H,6-7,9-10H2,1-3H3. The van der Waals surface area contributed by atoms with Crippen molar-refractivity contribution in [2.24, 2.45) is 5.92 Å². The van der Waals surface area contributed by atoms with Crippen LogP contribution in [0.25, 0.3) is 0 Å². The first kappa shape index (κ1) is 14.7. The number of likely N-dealkylation sites (tertiary alicyclic amines) is 1. The van der Waals surface area contributed by atoms with Crippen LogP contribution in [0.4, 0.5) is 0 Å². The van der Waals surface area contributed by atoms with E-state index in [0.717, 1.165) is 31.8 Å². The second-order valence-corrected chi connectivity index (χ2v) is 6.11. The molecule has 1 aromatic rings. The Morgan fingerprint density at radius 1 is 1.47 bits per heavy atom. The number of piperidine rings is 1. The number of aliphatic hydroxyl groups excluding tert-OH is 1. The summed E-state index contributed by atoms with van der Waals surface area (Å²) in [4.78, 5) is 3.48. The van der Waals surface area contributed by atoms with E-state index < -0.39 is 0 Å². The Morgan fingerprint density at radius 3 is 2.89 bits per heavy atom. The maximum Gasteiger partial charge on any atom is 0.132 e. The summed E-state index contributed by atoms with van der Waals surface area (Å²) in [6.45, 7) is 4.84. The average Bonchev–Trinajstić information content (AvgIpc) is 2.43. The topological polar surface area (TPSA) is 32.7 Å². The van der Waals surface area contributed by atoms with E-state index in [0.29, 0.717) is 5.92 Å². The Morgan fingerprint density at radius 2 is 2.26 bits per heavy atom. The first-order valence-electron chi connectivity index (χ1n) is 6.75. The maximum absolute atomic E-state index is 9.94. The highest BCUT2D eigenvalue weighted by molar-refractivity contribution is 7.98. The molecule has 0 bridgehead atoms. The van der Waals surface area contributed by atoms with E-state index in [2.05, 4.69) is 36.3 Å². The number of hydrogen-bond donors (Lipinski definition) is 1. The molecule has 0 amide bonds. The molecule has 0 saturated carbocycles. The van der Waals surface area contributed by atoms with Gasteiger partial charge >= 0.3 is 0 Å². The summed E-state index contributed by atoms with van der Waals surface area (Å²) in [6, 6.07) is 6.37. The van der Waals surface area contributed by atoms with Gasteiger partial charge in [-0.15, -0.1) is 11.8 Å². The quantitative estimate of drug-likeness (QED) is 0.860. The van der Waals surface area contributed by atoms with Gasteiger partial charge in [-0.25, -0.2) is 0 Å². The molecule has 19 heavy (non-hydrogen) atoms. The number of methoxy groups -OCH3 is 1. The third-order valence-electron chi connectivity index (χ3n) is 3.86. The number of thioether (sulfide) groups is 1. The minimum Gasteiger partial charge on any atom is -0.496 e. The number of nitrogens with zero attached hydrogens (tertiary/aromatic N) is 1. The molecule has 0 spiro atoms. The van der Waals surface area contributed by atoms with Gasteiger partial charge in [-0.05, 0) is 42.8 Å². The van der Waals surface area contributed by atoms with Gasteiger partial charge in [0.15, 0.2) is 0 Å². The molecule has 2 unspecified atom stereocenters. The summed E-state index contributed by atoms with van der Waals surface area (Å²) in [6.07, 6.45) is 2.93. The number of β-amino-alcohol motifs (C(OH)–C–C–N with tert-alkyl or cyclic N) is 1. The molecule has 1 aliphatic rings. The van der Waals surface area contributed by atoms with Crippen molar-refractivity contribution in [1.29, 1.82) is 0 Å². The van der Waals surface area contributed by atoms with E-state index >= 15 is 0 Å². The van der Waals surface area contributed by atoms with Gasteiger partial charge in [0.05, 0.1) is 13.2 Å². The van der Waals surface area contributed by atoms with E-state index in [4.69, 9.17) is 4.74 Å². The lowest BCUT2D eigenvalue weighted by Gasteiger charge is -2.34. The fraction of sp³-hybridized carbons (Fsp3) is 0.600. The van der Waals surface area contributed by atoms with Crippen molar-refractivity contribution in [3.63, 3.8) is 0 Å². The first-order valence-corrected chi connectivity index (χ1v) is 7.98. The molecule has 0 radical (unpaired) electrons. The van der Waals surface area contributed by atoms with Gasteiger partial charge in [0.25, 0.3) is 0 Å². The number of aliphatic hydroxyl groups is 1. The normalized spacial score (nSPS) is 24.4. The number of ether oxygens (including phenoxy) is 1. The summed E-state index contributed by atoms with van der Waals surface area (Å²) in [5.41, 5.74) is 1.25. The van der Waals surface area contributed by atoms with Crippen LogP contribution in [-0.4, -0.2) is 42.6 Å². The zero-order chi connectivity index (χ0) is 13.8. The number of rotatable bonds is 4. The third kappa shape index (κ3) is 3.65. The summed E-state index contributed by atoms with van der Waals surface area (Å²) in [7, 11) is 1.71. The molecule has 1 aliphatic heterocycles. The SMILES string of the molecule is COc1cc(CN2CCC(C)C(O)C2)ccc1SC. The summed E-state index contributed by atoms with van der Waals surface area (Å²) < 4.78 is 5.42. The zero-order valence-electron chi connectivity index (χ0n) is 11.9. The van der Waals surface area contributed by atoms with Crippen LogP contribution >= 0.6 is 11.8 Å². The molecule has 3 nitrogen and oxygen atoms in total. The Bertz CT molecular complexity index is 425. The second kappa shape index (κ2) is 6.64. The van der Waals surface area contributed by atoms with Gasteiger partial charge in [0.1, 0.15) is 5.75 Å². The molecule has 4 heteroatoms. The fourth-order valence-electron chi connectivity index (χ4n) is 2.50. The lowest BCUT2D eigenvalue weighted by molar-refractivity contribution is 0.0259. The second-order valence-electron chi connectivity index (χ2n) is 5.26. The Hall–Kier alpha value is -0.710. The van der Waals surface area contributed by atoms with Gasteiger partial charge < -0.3 is 9.84 Å². The summed E-state index contributed by atoms with van der Waals surface area (Å²) >= 11 is 1.70. The van der Waals surface area contributed by atoms with E-state index in [9.17, 15) is 5.11 Å². The minimum atomic E-state index is -0.193. The molecule has 1 N–H and O–H groups in total. The van der Waals surface area contributed by atoms with Crippen LogP contribution in [0.3, 0.4) is 0 Å². The lowest BCUT2D eigenvalue weighted by Crippen LogP contribution is -2.42. The van der Waals surface area contributed by atoms with Crippen molar-refractivity contribution in [3.05, 3.63) is 23.8 Å². The van der Waals surface area contributed by atoms with Crippen LogP contribution in [0.15, 0.2) is 23.1 Å². The van der Waals surface area contributed by atoms with E-state index in [1.165, 1.54) is 10.5 Å². The molecule has 2 rings (SSSR count). The van der Waals surface area contributed by atoms with Gasteiger partial charge in [0.2, 0.25) is 0 Å². The summed E-state index contributed by atoms with van der Waals surface area (Å²) in [5, 5.41) is 9.94. The Kier molecular flexibility index (Phi) is 5.13. The minimum absolute atomic E-state index is 0.193. The molecule has 1 aromatic carbocycles. The van der Waals surface area contributed by atoms with Crippen molar-refractivity contribution in [3.8, 4) is 5.75 Å². The predicted octanol–water partition coefficient (Wildman–Crippen LogP) is 2.62. The average molecular weight is 281 g/mol. The first-order chi connectivity index (χ1) is 9.13. The summed E-state index contributed by atoms with van der Waals surface area (Å²) in [5.74, 6) is 1.36. The molecule has 106 valence electrons. The van der Waals surface area contributed by atoms with Crippen molar-refractivity contribution >= 4 is 11.8 Å². The van der Waals surface area contributed by atoms with Crippen molar-refractivity contribution in [2.75, 3.05) is 26.5 Å². The van der Waals surface area contributed by atoms with Crippen LogP contribution in [0.5, 0.6) is 5.75 Å². The smallest absolute Gasteiger partial charge is 0.132 e. The van der Waals surface area contributed by atoms with Crippen molar-refractivity contribution < 1.29 is 9.84 Å². The van der Waals surface area contributed by atoms with Crippen LogP contribution in [-0.2, 0) is 6.54 Å². The highest BCUT2D eigenvalue weighted by Crippen LogP contribution is 2.29. The largest absolute Gasteiger partial charge is 0.496 e. The lowest BCUT2D eigenvalue weighted by atomic mass is 9.96.